The number of rotatable bonds is 7. The Bertz CT molecular complexity index is 1120. The SMILES string of the molecule is CCN(CCc1ccccc1)Cc1c(C(F)(F)F)nc2n1CCCN2c1c(C)cc(C)cc1Cl. The summed E-state index contributed by atoms with van der Waals surface area (Å²) in [5, 5.41) is 0.530. The van der Waals surface area contributed by atoms with Gasteiger partial charge in [-0.15, -0.1) is 0 Å². The third kappa shape index (κ3) is 5.10. The quantitative estimate of drug-likeness (QED) is 0.365. The van der Waals surface area contributed by atoms with Crippen LogP contribution in [0.15, 0.2) is 42.5 Å². The number of fused-ring (bicyclic) bond motifs is 1. The normalized spacial score (nSPS) is 14.1. The topological polar surface area (TPSA) is 24.3 Å². The summed E-state index contributed by atoms with van der Waals surface area (Å²) in [5.41, 5.74) is 3.27. The molecule has 1 aliphatic rings. The average molecular weight is 491 g/mol. The second kappa shape index (κ2) is 10.0. The molecule has 0 unspecified atom stereocenters. The van der Waals surface area contributed by atoms with Crippen molar-refractivity contribution in [2.75, 3.05) is 24.5 Å². The molecule has 0 bridgehead atoms. The summed E-state index contributed by atoms with van der Waals surface area (Å²) >= 11 is 6.57. The van der Waals surface area contributed by atoms with Crippen LogP contribution in [-0.4, -0.2) is 34.1 Å². The van der Waals surface area contributed by atoms with Crippen molar-refractivity contribution < 1.29 is 13.2 Å². The second-order valence-electron chi connectivity index (χ2n) is 8.88. The lowest BCUT2D eigenvalue weighted by Crippen LogP contribution is -2.32. The summed E-state index contributed by atoms with van der Waals surface area (Å²) in [6.45, 7) is 8.46. The average Bonchev–Trinajstić information content (AvgIpc) is 3.16. The van der Waals surface area contributed by atoms with Crippen LogP contribution in [0.2, 0.25) is 5.02 Å². The van der Waals surface area contributed by atoms with E-state index in [0.29, 0.717) is 43.6 Å². The van der Waals surface area contributed by atoms with Gasteiger partial charge in [0, 0.05) is 26.2 Å². The summed E-state index contributed by atoms with van der Waals surface area (Å²) in [5.74, 6) is 0.321. The Labute approximate surface area is 204 Å². The fourth-order valence-corrected chi connectivity index (χ4v) is 5.17. The zero-order chi connectivity index (χ0) is 24.5. The molecule has 0 N–H and O–H groups in total. The highest BCUT2D eigenvalue weighted by Gasteiger charge is 2.41. The lowest BCUT2D eigenvalue weighted by molar-refractivity contribution is -0.141. The van der Waals surface area contributed by atoms with Crippen molar-refractivity contribution in [3.05, 3.63) is 75.6 Å². The van der Waals surface area contributed by atoms with Crippen LogP contribution >= 0.6 is 11.6 Å². The minimum Gasteiger partial charge on any atom is -0.312 e. The van der Waals surface area contributed by atoms with Crippen molar-refractivity contribution >= 4 is 23.2 Å². The first kappa shape index (κ1) is 24.6. The van der Waals surface area contributed by atoms with Crippen LogP contribution in [0.4, 0.5) is 24.8 Å². The fraction of sp³-hybridized carbons (Fsp3) is 0.423. The fourth-order valence-electron chi connectivity index (χ4n) is 4.74. The van der Waals surface area contributed by atoms with E-state index in [1.54, 1.807) is 4.57 Å². The number of likely N-dealkylation sites (N-methyl/N-ethyl adjacent to an activating group) is 1. The first-order valence-corrected chi connectivity index (χ1v) is 12.0. The molecule has 0 saturated carbocycles. The first-order chi connectivity index (χ1) is 16.2. The van der Waals surface area contributed by atoms with E-state index in [1.165, 1.54) is 5.56 Å². The van der Waals surface area contributed by atoms with Crippen molar-refractivity contribution in [3.63, 3.8) is 0 Å². The zero-order valence-electron chi connectivity index (χ0n) is 19.8. The van der Waals surface area contributed by atoms with Crippen LogP contribution < -0.4 is 4.90 Å². The predicted molar refractivity (Wildman–Crippen MR) is 131 cm³/mol. The Morgan fingerprint density at radius 1 is 1.09 bits per heavy atom. The Balaban J connectivity index is 1.70. The Kier molecular flexibility index (Phi) is 7.24. The number of aryl methyl sites for hydroxylation is 2. The molecule has 1 aliphatic heterocycles. The molecule has 4 rings (SSSR count). The molecular formula is C26H30ClF3N4. The number of nitrogens with zero attached hydrogens (tertiary/aromatic N) is 4. The van der Waals surface area contributed by atoms with Crippen LogP contribution in [0.5, 0.6) is 0 Å². The molecule has 4 nitrogen and oxygen atoms in total. The summed E-state index contributed by atoms with van der Waals surface area (Å²) in [4.78, 5) is 8.07. The Morgan fingerprint density at radius 3 is 2.47 bits per heavy atom. The third-order valence-corrected chi connectivity index (χ3v) is 6.66. The Hall–Kier alpha value is -2.51. The molecule has 2 heterocycles. The molecule has 182 valence electrons. The van der Waals surface area contributed by atoms with Crippen molar-refractivity contribution in [1.29, 1.82) is 0 Å². The van der Waals surface area contributed by atoms with Gasteiger partial charge in [0.25, 0.3) is 0 Å². The molecular weight excluding hydrogens is 461 g/mol. The minimum absolute atomic E-state index is 0.194. The number of aromatic nitrogens is 2. The molecule has 0 spiro atoms. The molecule has 3 aromatic rings. The van der Waals surface area contributed by atoms with Crippen LogP contribution in [0.1, 0.15) is 41.4 Å². The summed E-state index contributed by atoms with van der Waals surface area (Å²) in [6.07, 6.45) is -3.04. The van der Waals surface area contributed by atoms with Crippen LogP contribution in [0, 0.1) is 13.8 Å². The van der Waals surface area contributed by atoms with E-state index < -0.39 is 11.9 Å². The van der Waals surface area contributed by atoms with Crippen molar-refractivity contribution in [2.24, 2.45) is 0 Å². The van der Waals surface area contributed by atoms with E-state index in [2.05, 4.69) is 9.88 Å². The largest absolute Gasteiger partial charge is 0.435 e. The summed E-state index contributed by atoms with van der Waals surface area (Å²) < 4.78 is 44.2. The van der Waals surface area contributed by atoms with E-state index in [-0.39, 0.29) is 12.2 Å². The standard InChI is InChI=1S/C26H30ClF3N4/c1-4-32(14-11-20-9-6-5-7-10-20)17-22-24(26(28,29)30)31-25-33(22)12-8-13-34(25)23-19(3)15-18(2)16-21(23)27/h5-7,9-10,15-16H,4,8,11-14,17H2,1-3H3. The van der Waals surface area contributed by atoms with E-state index in [0.717, 1.165) is 23.2 Å². The van der Waals surface area contributed by atoms with Gasteiger partial charge in [0.15, 0.2) is 5.69 Å². The maximum absolute atomic E-state index is 14.1. The van der Waals surface area contributed by atoms with Gasteiger partial charge in [0.2, 0.25) is 5.95 Å². The van der Waals surface area contributed by atoms with Gasteiger partial charge in [-0.3, -0.25) is 4.90 Å². The molecule has 2 aromatic carbocycles. The highest BCUT2D eigenvalue weighted by atomic mass is 35.5. The zero-order valence-corrected chi connectivity index (χ0v) is 20.5. The summed E-state index contributed by atoms with van der Waals surface area (Å²) in [6, 6.07) is 13.9. The smallest absolute Gasteiger partial charge is 0.312 e. The lowest BCUT2D eigenvalue weighted by atomic mass is 10.1. The number of halogens is 4. The molecule has 8 heteroatoms. The van der Waals surface area contributed by atoms with E-state index in [4.69, 9.17) is 11.6 Å². The molecule has 0 amide bonds. The molecule has 1 aromatic heterocycles. The highest BCUT2D eigenvalue weighted by molar-refractivity contribution is 6.33. The monoisotopic (exact) mass is 490 g/mol. The van der Waals surface area contributed by atoms with Crippen LogP contribution in [0.3, 0.4) is 0 Å². The molecule has 0 atom stereocenters. The van der Waals surface area contributed by atoms with Crippen LogP contribution in [0.25, 0.3) is 0 Å². The van der Waals surface area contributed by atoms with Gasteiger partial charge in [-0.2, -0.15) is 13.2 Å². The number of anilines is 2. The molecule has 0 aliphatic carbocycles. The van der Waals surface area contributed by atoms with Crippen molar-refractivity contribution in [2.45, 2.75) is 52.9 Å². The van der Waals surface area contributed by atoms with Gasteiger partial charge < -0.3 is 9.47 Å². The molecule has 34 heavy (non-hydrogen) atoms. The maximum Gasteiger partial charge on any atom is 0.435 e. The van der Waals surface area contributed by atoms with Crippen molar-refractivity contribution in [1.82, 2.24) is 14.5 Å². The molecule has 0 fully saturated rings. The summed E-state index contributed by atoms with van der Waals surface area (Å²) in [7, 11) is 0. The predicted octanol–water partition coefficient (Wildman–Crippen LogP) is 6.78. The molecule has 0 radical (unpaired) electrons. The minimum atomic E-state index is -4.53. The van der Waals surface area contributed by atoms with Gasteiger partial charge >= 0.3 is 6.18 Å². The Morgan fingerprint density at radius 2 is 1.82 bits per heavy atom. The number of alkyl halides is 3. The number of hydrogen-bond acceptors (Lipinski definition) is 3. The molecule has 0 saturated heterocycles. The van der Waals surface area contributed by atoms with Gasteiger partial charge in [0.05, 0.1) is 16.4 Å². The van der Waals surface area contributed by atoms with Gasteiger partial charge in [-0.25, -0.2) is 4.98 Å². The van der Waals surface area contributed by atoms with Gasteiger partial charge in [0.1, 0.15) is 0 Å². The van der Waals surface area contributed by atoms with E-state index in [9.17, 15) is 13.2 Å². The maximum atomic E-state index is 14.1. The number of benzene rings is 2. The first-order valence-electron chi connectivity index (χ1n) is 11.7. The van der Waals surface area contributed by atoms with E-state index in [1.807, 2.05) is 68.1 Å². The third-order valence-electron chi connectivity index (χ3n) is 6.37. The van der Waals surface area contributed by atoms with Crippen LogP contribution in [-0.2, 0) is 25.7 Å². The van der Waals surface area contributed by atoms with Gasteiger partial charge in [-0.1, -0.05) is 54.9 Å². The lowest BCUT2D eigenvalue weighted by Gasteiger charge is -2.32. The van der Waals surface area contributed by atoms with Crippen molar-refractivity contribution in [3.8, 4) is 0 Å². The van der Waals surface area contributed by atoms with Gasteiger partial charge in [-0.05, 0) is 56.0 Å². The second-order valence-corrected chi connectivity index (χ2v) is 9.29. The highest BCUT2D eigenvalue weighted by Crippen LogP contribution is 2.41. The van der Waals surface area contributed by atoms with E-state index >= 15 is 0 Å². The number of imidazole rings is 1. The number of hydrogen-bond donors (Lipinski definition) is 0.